The summed E-state index contributed by atoms with van der Waals surface area (Å²) < 4.78 is 30.7. The first kappa shape index (κ1) is 40.8. The monoisotopic (exact) mass is 761 g/mol. The van der Waals surface area contributed by atoms with Crippen molar-refractivity contribution in [1.82, 2.24) is 15.4 Å². The molecule has 0 heterocycles. The molecular weight excluding hydrogens is 714 g/mol. The third-order valence-corrected chi connectivity index (χ3v) is 11.1. The molecule has 0 spiro atoms. The Morgan fingerprint density at radius 2 is 1.34 bits per heavy atom. The molecule has 53 heavy (non-hydrogen) atoms. The van der Waals surface area contributed by atoms with Crippen LogP contribution in [0.4, 0.5) is 0 Å². The second kappa shape index (κ2) is 19.7. The van der Waals surface area contributed by atoms with Crippen LogP contribution in [-0.4, -0.2) is 62.0 Å². The maximum absolute atomic E-state index is 14.1. The molecule has 282 valence electrons. The zero-order chi connectivity index (χ0) is 38.4. The molecule has 0 saturated carbocycles. The van der Waals surface area contributed by atoms with E-state index in [0.717, 1.165) is 27.5 Å². The van der Waals surface area contributed by atoms with Crippen LogP contribution in [-0.2, 0) is 43.7 Å². The van der Waals surface area contributed by atoms with E-state index in [0.29, 0.717) is 17.9 Å². The Morgan fingerprint density at radius 3 is 2.00 bits per heavy atom. The van der Waals surface area contributed by atoms with Crippen molar-refractivity contribution in [2.24, 2.45) is 22.2 Å². The molecule has 12 nitrogen and oxygen atoms in total. The van der Waals surface area contributed by atoms with Crippen molar-refractivity contribution < 1.29 is 22.8 Å². The van der Waals surface area contributed by atoms with Crippen molar-refractivity contribution in [3.63, 3.8) is 0 Å². The molecule has 4 aromatic carbocycles. The molecule has 0 unspecified atom stereocenters. The fourth-order valence-corrected chi connectivity index (χ4v) is 8.04. The molecule has 0 saturated heterocycles. The summed E-state index contributed by atoms with van der Waals surface area (Å²) in [6.07, 6.45) is 1.58. The number of nitrogens with two attached hydrogens (primary N) is 3. The molecule has 0 aliphatic heterocycles. The molecule has 0 aromatic heterocycles. The van der Waals surface area contributed by atoms with E-state index in [-0.39, 0.29) is 50.5 Å². The van der Waals surface area contributed by atoms with Gasteiger partial charge in [0.15, 0.2) is 5.96 Å². The van der Waals surface area contributed by atoms with Gasteiger partial charge in [0, 0.05) is 31.0 Å². The highest BCUT2D eigenvalue weighted by Gasteiger charge is 2.32. The van der Waals surface area contributed by atoms with Gasteiger partial charge in [-0.1, -0.05) is 96.5 Å². The minimum absolute atomic E-state index is 0.0605. The van der Waals surface area contributed by atoms with Gasteiger partial charge in [0.05, 0.1) is 5.25 Å². The van der Waals surface area contributed by atoms with E-state index in [1.807, 2.05) is 72.8 Å². The summed E-state index contributed by atoms with van der Waals surface area (Å²) in [4.78, 5) is 42.6. The average molecular weight is 762 g/mol. The lowest BCUT2D eigenvalue weighted by molar-refractivity contribution is -0.128. The lowest BCUT2D eigenvalue weighted by Gasteiger charge is -2.26. The number of carbonyl (C=O) groups is 3. The largest absolute Gasteiger partial charge is 0.370 e. The first-order valence-corrected chi connectivity index (χ1v) is 19.4. The zero-order valence-corrected chi connectivity index (χ0v) is 31.3. The minimum atomic E-state index is -4.15. The number of nitrogens with zero attached hydrogens (tertiary/aromatic N) is 1. The summed E-state index contributed by atoms with van der Waals surface area (Å²) >= 11 is 6.05. The molecule has 14 heteroatoms. The number of halogens is 1. The summed E-state index contributed by atoms with van der Waals surface area (Å²) in [6, 6.07) is 27.3. The number of carbonyl (C=O) groups excluding carboxylic acids is 3. The predicted octanol–water partition coefficient (Wildman–Crippen LogP) is 3.49. The maximum Gasteiger partial charge on any atom is 0.243 e. The number of aliphatic imine (C=N–C) groups is 1. The van der Waals surface area contributed by atoms with Gasteiger partial charge in [-0.05, 0) is 78.1 Å². The van der Waals surface area contributed by atoms with Crippen LogP contribution in [0.3, 0.4) is 0 Å². The van der Waals surface area contributed by atoms with Gasteiger partial charge in [-0.3, -0.25) is 19.4 Å². The molecule has 0 bridgehead atoms. The van der Waals surface area contributed by atoms with Crippen molar-refractivity contribution in [3.8, 4) is 0 Å². The van der Waals surface area contributed by atoms with Crippen LogP contribution in [0, 0.1) is 0 Å². The molecule has 9 N–H and O–H groups in total. The highest BCUT2D eigenvalue weighted by Crippen LogP contribution is 2.21. The number of rotatable bonds is 20. The summed E-state index contributed by atoms with van der Waals surface area (Å²) in [5.41, 5.74) is 19.2. The molecule has 0 aliphatic rings. The molecular formula is C39H48ClN7O5S. The third-order valence-electron chi connectivity index (χ3n) is 8.88. The number of hydrogen-bond donors (Lipinski definition) is 6. The van der Waals surface area contributed by atoms with E-state index in [4.69, 9.17) is 28.8 Å². The van der Waals surface area contributed by atoms with Gasteiger partial charge in [0.25, 0.3) is 0 Å². The van der Waals surface area contributed by atoms with Crippen LogP contribution in [0.15, 0.2) is 102 Å². The Labute approximate surface area is 316 Å². The van der Waals surface area contributed by atoms with Crippen LogP contribution in [0.2, 0.25) is 5.02 Å². The first-order valence-electron chi connectivity index (χ1n) is 17.5. The van der Waals surface area contributed by atoms with E-state index in [2.05, 4.69) is 20.3 Å². The Kier molecular flexibility index (Phi) is 15.2. The SMILES string of the molecule is CC(=O)N[C@@H](Cc1ccc(Cl)cc1)C(=O)N[C@@H](CC[C@@H](CCCN=C(N)N)S(=O)(=O)N[C@@H](Cc1ccc2ccccc2c1)C(N)=O)Cc1ccccc1. The smallest absolute Gasteiger partial charge is 0.243 e. The fraction of sp³-hybridized carbons (Fsp3) is 0.333. The summed E-state index contributed by atoms with van der Waals surface area (Å²) in [5.74, 6) is -1.69. The Morgan fingerprint density at radius 1 is 0.717 bits per heavy atom. The van der Waals surface area contributed by atoms with Crippen molar-refractivity contribution in [2.75, 3.05) is 6.54 Å². The van der Waals surface area contributed by atoms with Gasteiger partial charge in [-0.2, -0.15) is 0 Å². The molecule has 0 fully saturated rings. The number of amides is 3. The quantitative estimate of drug-likeness (QED) is 0.0448. The van der Waals surface area contributed by atoms with Gasteiger partial charge < -0.3 is 27.8 Å². The number of hydrogen-bond acceptors (Lipinski definition) is 6. The van der Waals surface area contributed by atoms with Crippen molar-refractivity contribution in [2.45, 2.75) is 75.2 Å². The first-order chi connectivity index (χ1) is 25.3. The molecule has 4 atom stereocenters. The number of nitrogens with one attached hydrogen (secondary N) is 3. The summed E-state index contributed by atoms with van der Waals surface area (Å²) in [6.45, 7) is 1.55. The van der Waals surface area contributed by atoms with Crippen molar-refractivity contribution >= 4 is 56.1 Å². The number of primary amides is 1. The Hall–Kier alpha value is -4.98. The van der Waals surface area contributed by atoms with Gasteiger partial charge in [0.1, 0.15) is 12.1 Å². The second-order valence-electron chi connectivity index (χ2n) is 13.1. The summed E-state index contributed by atoms with van der Waals surface area (Å²) in [7, 11) is -4.15. The van der Waals surface area contributed by atoms with Gasteiger partial charge in [-0.25, -0.2) is 13.1 Å². The lowest BCUT2D eigenvalue weighted by Crippen LogP contribution is -2.51. The summed E-state index contributed by atoms with van der Waals surface area (Å²) in [5, 5.41) is 7.35. The van der Waals surface area contributed by atoms with E-state index in [1.54, 1.807) is 24.3 Å². The van der Waals surface area contributed by atoms with E-state index in [1.165, 1.54) is 6.92 Å². The maximum atomic E-state index is 14.1. The van der Waals surface area contributed by atoms with Crippen LogP contribution >= 0.6 is 11.6 Å². The molecule has 4 aromatic rings. The van der Waals surface area contributed by atoms with Crippen LogP contribution in [0.1, 0.15) is 49.3 Å². The third kappa shape index (κ3) is 13.5. The second-order valence-corrected chi connectivity index (χ2v) is 15.6. The standard InChI is InChI=1S/C39H48ClN7O5S/c1-26(48)45-36(24-28-14-17-32(40)18-15-28)38(50)46-33(23-27-8-3-2-4-9-27)19-20-34(12-7-21-44-39(42)43)53(51,52)47-35(37(41)49)25-29-13-16-30-10-5-6-11-31(30)22-29/h2-6,8-11,13-18,22,33-36,47H,7,12,19-21,23-25H2,1H3,(H2,41,49)(H,45,48)(H,46,50)(H4,42,43,44)/t33-,34+,35-,36-/m0/s1. The Balaban J connectivity index is 1.56. The number of fused-ring (bicyclic) bond motifs is 1. The van der Waals surface area contributed by atoms with Gasteiger partial charge in [0.2, 0.25) is 27.7 Å². The lowest BCUT2D eigenvalue weighted by atomic mass is 9.98. The van der Waals surface area contributed by atoms with Crippen LogP contribution in [0.5, 0.6) is 0 Å². The van der Waals surface area contributed by atoms with Gasteiger partial charge in [-0.15, -0.1) is 0 Å². The van der Waals surface area contributed by atoms with E-state index in [9.17, 15) is 22.8 Å². The number of guanidine groups is 1. The molecule has 0 radical (unpaired) electrons. The average Bonchev–Trinajstić information content (AvgIpc) is 3.11. The van der Waals surface area contributed by atoms with Gasteiger partial charge >= 0.3 is 0 Å². The normalized spacial score (nSPS) is 13.7. The van der Waals surface area contributed by atoms with Crippen molar-refractivity contribution in [3.05, 3.63) is 119 Å². The van der Waals surface area contributed by atoms with Crippen molar-refractivity contribution in [1.29, 1.82) is 0 Å². The fourth-order valence-electron chi connectivity index (χ4n) is 6.20. The predicted molar refractivity (Wildman–Crippen MR) is 210 cm³/mol. The number of benzene rings is 4. The minimum Gasteiger partial charge on any atom is -0.370 e. The van der Waals surface area contributed by atoms with Crippen LogP contribution < -0.4 is 32.6 Å². The highest BCUT2D eigenvalue weighted by molar-refractivity contribution is 7.90. The Bertz CT molecular complexity index is 1970. The number of sulfonamides is 1. The van der Waals surface area contributed by atoms with E-state index >= 15 is 0 Å². The van der Waals surface area contributed by atoms with Crippen LogP contribution in [0.25, 0.3) is 10.8 Å². The zero-order valence-electron chi connectivity index (χ0n) is 29.7. The molecule has 3 amide bonds. The highest BCUT2D eigenvalue weighted by atomic mass is 35.5. The molecule has 0 aliphatic carbocycles. The molecule has 4 rings (SSSR count). The topological polar surface area (TPSA) is 212 Å². The van der Waals surface area contributed by atoms with E-state index < -0.39 is 45.2 Å².